The minimum atomic E-state index is 0.634. The number of hydrogen-bond acceptors (Lipinski definition) is 6. The van der Waals surface area contributed by atoms with Crippen LogP contribution in [0.15, 0.2) is 400 Å². The van der Waals surface area contributed by atoms with E-state index in [4.69, 9.17) is 29.9 Å². The second-order valence-corrected chi connectivity index (χ2v) is 31.2. The SMILES string of the molecule is c1ccc(-c2nc(-c3ccccc3)nc(-c3cccc(-c4ccc5c(c4)c4ccccc4n4c6ccc7ccccc7c6c6ccc7c8ccccc8n5c7c64)c3)n2)cc1.c1ccc(-c2nc(-c3ccccc3)nc(-c3cccc(-c4ccc5c(c4)c4ccccc4n4c6ccccc6c6ccc7c8c9ccccc9ccc8n5c7c64)c3)n2)cc1. The second kappa shape index (κ2) is 26.6. The Kier molecular flexibility index (Phi) is 14.9. The highest BCUT2D eigenvalue weighted by Gasteiger charge is 2.26. The molecule has 0 amide bonds. The van der Waals surface area contributed by atoms with Crippen LogP contribution in [0.2, 0.25) is 0 Å². The Bertz CT molecular complexity index is 8670. The lowest BCUT2D eigenvalue weighted by molar-refractivity contribution is 1.07. The first kappa shape index (κ1) is 67.1. The molecule has 10 nitrogen and oxygen atoms in total. The average Bonchev–Trinajstić information content (AvgIpc) is 1.53. The summed E-state index contributed by atoms with van der Waals surface area (Å²) in [6.07, 6.45) is 0. The molecule has 0 radical (unpaired) electrons. The minimum Gasteiger partial charge on any atom is -0.307 e. The highest BCUT2D eigenvalue weighted by molar-refractivity contribution is 6.32. The number of hydrogen-bond donors (Lipinski definition) is 0. The summed E-state index contributed by atoms with van der Waals surface area (Å²) >= 11 is 0. The summed E-state index contributed by atoms with van der Waals surface area (Å²) in [6, 6.07) is 143. The van der Waals surface area contributed by atoms with Crippen LogP contribution in [-0.2, 0) is 0 Å². The molecule has 18 aromatic carbocycles. The maximum Gasteiger partial charge on any atom is 0.164 e. The van der Waals surface area contributed by atoms with Gasteiger partial charge in [-0.2, -0.15) is 0 Å². The van der Waals surface area contributed by atoms with E-state index in [-0.39, 0.29) is 0 Å². The average molecular weight is 1530 g/mol. The van der Waals surface area contributed by atoms with Crippen LogP contribution in [0.5, 0.6) is 0 Å². The van der Waals surface area contributed by atoms with Gasteiger partial charge >= 0.3 is 0 Å². The lowest BCUT2D eigenvalue weighted by Gasteiger charge is -2.13. The van der Waals surface area contributed by atoms with E-state index in [1.165, 1.54) is 130 Å². The van der Waals surface area contributed by atoms with Crippen LogP contribution < -0.4 is 0 Å². The molecule has 556 valence electrons. The topological polar surface area (TPSA) is 95.0 Å². The Morgan fingerprint density at radius 2 is 0.375 bits per heavy atom. The maximum atomic E-state index is 5.05. The number of benzene rings is 18. The summed E-state index contributed by atoms with van der Waals surface area (Å²) < 4.78 is 10.1. The molecule has 0 fully saturated rings. The van der Waals surface area contributed by atoms with Crippen molar-refractivity contribution in [3.05, 3.63) is 400 Å². The van der Waals surface area contributed by atoms with Crippen LogP contribution in [0.4, 0.5) is 0 Å². The zero-order chi connectivity index (χ0) is 78.6. The van der Waals surface area contributed by atoms with E-state index in [0.29, 0.717) is 34.9 Å². The molecule has 0 saturated carbocycles. The summed E-state index contributed by atoms with van der Waals surface area (Å²) in [5, 5.41) is 19.8. The minimum absolute atomic E-state index is 0.634. The lowest BCUT2D eigenvalue weighted by atomic mass is 9.99. The molecule has 8 aromatic heterocycles. The molecule has 10 heteroatoms. The van der Waals surface area contributed by atoms with Crippen molar-refractivity contribution in [2.75, 3.05) is 0 Å². The third-order valence-electron chi connectivity index (χ3n) is 24.6. The van der Waals surface area contributed by atoms with Gasteiger partial charge in [0, 0.05) is 98.0 Å². The third-order valence-corrected chi connectivity index (χ3v) is 24.6. The van der Waals surface area contributed by atoms with Gasteiger partial charge in [0.2, 0.25) is 0 Å². The monoisotopic (exact) mass is 1530 g/mol. The van der Waals surface area contributed by atoms with Crippen molar-refractivity contribution >= 4 is 152 Å². The quantitative estimate of drug-likeness (QED) is 0.150. The third kappa shape index (κ3) is 10.3. The number of aromatic nitrogens is 10. The summed E-state index contributed by atoms with van der Waals surface area (Å²) in [4.78, 5) is 30.1. The fourth-order valence-electron chi connectivity index (χ4n) is 19.2. The molecule has 0 N–H and O–H groups in total. The molecule has 0 aliphatic rings. The smallest absolute Gasteiger partial charge is 0.164 e. The summed E-state index contributed by atoms with van der Waals surface area (Å²) in [5.41, 5.74) is 24.4. The van der Waals surface area contributed by atoms with E-state index in [9.17, 15) is 0 Å². The van der Waals surface area contributed by atoms with E-state index >= 15 is 0 Å². The molecule has 0 saturated heterocycles. The van der Waals surface area contributed by atoms with Gasteiger partial charge in [-0.3, -0.25) is 0 Å². The first-order valence-corrected chi connectivity index (χ1v) is 40.7. The molecule has 0 atom stereocenters. The van der Waals surface area contributed by atoms with Crippen molar-refractivity contribution in [2.24, 2.45) is 0 Å². The molecule has 0 unspecified atom stereocenters. The van der Waals surface area contributed by atoms with Crippen molar-refractivity contribution in [1.29, 1.82) is 0 Å². The van der Waals surface area contributed by atoms with Crippen molar-refractivity contribution in [3.8, 4) is 90.6 Å². The van der Waals surface area contributed by atoms with E-state index in [1.807, 2.05) is 121 Å². The van der Waals surface area contributed by atoms with E-state index < -0.39 is 0 Å². The van der Waals surface area contributed by atoms with Crippen LogP contribution in [-0.4, -0.2) is 47.5 Å². The first-order valence-electron chi connectivity index (χ1n) is 40.7. The van der Waals surface area contributed by atoms with Gasteiger partial charge in [-0.25, -0.2) is 29.9 Å². The Morgan fingerprint density at radius 3 is 0.733 bits per heavy atom. The molecule has 0 aliphatic heterocycles. The molecule has 0 bridgehead atoms. The zero-order valence-electron chi connectivity index (χ0n) is 64.6. The Labute approximate surface area is 686 Å². The molecule has 26 rings (SSSR count). The van der Waals surface area contributed by atoms with Gasteiger partial charge in [-0.15, -0.1) is 0 Å². The van der Waals surface area contributed by atoms with Gasteiger partial charge < -0.3 is 17.6 Å². The van der Waals surface area contributed by atoms with Crippen LogP contribution >= 0.6 is 0 Å². The van der Waals surface area contributed by atoms with Crippen molar-refractivity contribution in [3.63, 3.8) is 0 Å². The van der Waals surface area contributed by atoms with Crippen molar-refractivity contribution < 1.29 is 0 Å². The van der Waals surface area contributed by atoms with Crippen LogP contribution in [0.25, 0.3) is 243 Å². The Morgan fingerprint density at radius 1 is 0.133 bits per heavy atom. The van der Waals surface area contributed by atoms with Gasteiger partial charge in [0.25, 0.3) is 0 Å². The van der Waals surface area contributed by atoms with Crippen molar-refractivity contribution in [1.82, 2.24) is 47.5 Å². The van der Waals surface area contributed by atoms with Gasteiger partial charge in [-0.05, 0) is 117 Å². The highest BCUT2D eigenvalue weighted by Crippen LogP contribution is 2.48. The first-order chi connectivity index (χ1) is 59.5. The van der Waals surface area contributed by atoms with Crippen LogP contribution in [0.1, 0.15) is 0 Å². The predicted octanol–water partition coefficient (Wildman–Crippen LogP) is 27.9. The lowest BCUT2D eigenvalue weighted by Crippen LogP contribution is -2.00. The Hall–Kier alpha value is -16.3. The molecule has 0 spiro atoms. The molecule has 0 aliphatic carbocycles. The molecule has 8 heterocycles. The number of fused-ring (bicyclic) bond motifs is 26. The van der Waals surface area contributed by atoms with Gasteiger partial charge in [-0.1, -0.05) is 328 Å². The molecule has 26 aromatic rings. The van der Waals surface area contributed by atoms with E-state index in [1.54, 1.807) is 0 Å². The predicted molar refractivity (Wildman–Crippen MR) is 497 cm³/mol. The molecular weight excluding hydrogens is 1460 g/mol. The number of rotatable bonds is 8. The highest BCUT2D eigenvalue weighted by atomic mass is 15.0. The fourth-order valence-corrected chi connectivity index (χ4v) is 19.2. The largest absolute Gasteiger partial charge is 0.307 e. The van der Waals surface area contributed by atoms with E-state index in [2.05, 4.69) is 297 Å². The van der Waals surface area contributed by atoms with Crippen LogP contribution in [0, 0.1) is 0 Å². The summed E-state index contributed by atoms with van der Waals surface area (Å²) in [7, 11) is 0. The maximum absolute atomic E-state index is 5.05. The van der Waals surface area contributed by atoms with Gasteiger partial charge in [0.15, 0.2) is 34.9 Å². The normalized spacial score (nSPS) is 12.0. The van der Waals surface area contributed by atoms with Gasteiger partial charge in [0.1, 0.15) is 0 Å². The molecule has 120 heavy (non-hydrogen) atoms. The second-order valence-electron chi connectivity index (χ2n) is 31.2. The Balaban J connectivity index is 0.000000133. The van der Waals surface area contributed by atoms with Gasteiger partial charge in [0.05, 0.1) is 66.2 Å². The standard InChI is InChI=1S/2C55H33N5/c1-3-15-35(16-4-1)53-56-54(36-17-5-2-6-18-36)58-55(57-53)39-20-13-19-37(32-39)38-27-30-48-45(33-38)42-23-10-12-25-47(42)60-49-31-26-34-14-7-8-21-40(34)50(49)44-29-28-43-41-22-9-11-24-46(41)59(48)51(43)52(44)60;1-3-15-35(16-4-1)53-56-54(36-17-5-2-6-18-36)58-55(57-53)39-20-13-19-37(32-39)38-27-30-48-45(33-38)42-23-10-12-25-47(42)59-46-24-11-9-22-41(46)43-28-29-44-50-40-21-8-7-14-34(40)26-31-49(50)60(48)52(44)51(43)59/h2*1-33H. The number of para-hydroxylation sites is 4. The zero-order valence-corrected chi connectivity index (χ0v) is 64.6. The number of nitrogens with zero attached hydrogens (tertiary/aromatic N) is 10. The molecular formula is C110H66N10. The van der Waals surface area contributed by atoms with Crippen LogP contribution in [0.3, 0.4) is 0 Å². The summed E-state index contributed by atoms with van der Waals surface area (Å²) in [5.74, 6) is 3.85. The van der Waals surface area contributed by atoms with E-state index in [0.717, 1.165) is 77.7 Å². The summed E-state index contributed by atoms with van der Waals surface area (Å²) in [6.45, 7) is 0. The van der Waals surface area contributed by atoms with Crippen molar-refractivity contribution in [2.45, 2.75) is 0 Å². The fraction of sp³-hybridized carbons (Fsp3) is 0.